The summed E-state index contributed by atoms with van der Waals surface area (Å²) in [6, 6.07) is 3.43. The summed E-state index contributed by atoms with van der Waals surface area (Å²) in [6.45, 7) is 3.22. The summed E-state index contributed by atoms with van der Waals surface area (Å²) in [5, 5.41) is 21.8. The van der Waals surface area contributed by atoms with Crippen molar-refractivity contribution in [3.8, 4) is 0 Å². The van der Waals surface area contributed by atoms with Crippen LogP contribution in [0.1, 0.15) is 10.4 Å². The van der Waals surface area contributed by atoms with Crippen molar-refractivity contribution in [1.82, 2.24) is 0 Å². The van der Waals surface area contributed by atoms with Crippen LogP contribution in [0.3, 0.4) is 0 Å². The zero-order valence-corrected chi connectivity index (χ0v) is 9.66. The minimum atomic E-state index is -1.40. The third-order valence-corrected chi connectivity index (χ3v) is 2.03. The highest BCUT2D eigenvalue weighted by molar-refractivity contribution is 6.01. The molecule has 1 rings (SSSR count). The summed E-state index contributed by atoms with van der Waals surface area (Å²) >= 11 is 0. The molecule has 19 heavy (non-hydrogen) atoms. The number of ether oxygens (including phenoxy) is 1. The molecule has 1 aromatic carbocycles. The fourth-order valence-corrected chi connectivity index (χ4v) is 1.27. The van der Waals surface area contributed by atoms with Crippen LogP contribution in [0.15, 0.2) is 30.9 Å². The highest BCUT2D eigenvalue weighted by Crippen LogP contribution is 2.28. The predicted octanol–water partition coefficient (Wildman–Crippen LogP) is 2.03. The zero-order chi connectivity index (χ0) is 14.4. The molecule has 0 spiro atoms. The van der Waals surface area contributed by atoms with Gasteiger partial charge in [0.25, 0.3) is 5.69 Å². The summed E-state index contributed by atoms with van der Waals surface area (Å²) in [5.41, 5.74) is -1.35. The van der Waals surface area contributed by atoms with E-state index in [1.807, 2.05) is 5.32 Å². The average molecular weight is 266 g/mol. The fourth-order valence-electron chi connectivity index (χ4n) is 1.27. The topological polar surface area (TPSA) is 119 Å². The molecule has 1 aromatic rings. The second-order valence-electron chi connectivity index (χ2n) is 3.27. The first-order chi connectivity index (χ1) is 8.97. The first-order valence-electron chi connectivity index (χ1n) is 5.02. The minimum absolute atomic E-state index is 0.102. The predicted molar refractivity (Wildman–Crippen MR) is 65.2 cm³/mol. The molecular weight excluding hydrogens is 256 g/mol. The second-order valence-corrected chi connectivity index (χ2v) is 3.27. The van der Waals surface area contributed by atoms with Gasteiger partial charge in [0.1, 0.15) is 12.3 Å². The Morgan fingerprint density at radius 1 is 1.53 bits per heavy atom. The number of rotatable bonds is 5. The van der Waals surface area contributed by atoms with Crippen LogP contribution in [-0.2, 0) is 4.74 Å². The number of nitro groups is 1. The molecule has 0 bridgehead atoms. The van der Waals surface area contributed by atoms with Gasteiger partial charge < -0.3 is 9.84 Å². The number of para-hydroxylation sites is 1. The fraction of sp³-hybridized carbons (Fsp3) is 0.0909. The van der Waals surface area contributed by atoms with E-state index in [1.165, 1.54) is 12.1 Å². The van der Waals surface area contributed by atoms with E-state index in [1.54, 1.807) is 0 Å². The third kappa shape index (κ3) is 3.53. The summed E-state index contributed by atoms with van der Waals surface area (Å²) in [5.74, 6) is -1.40. The monoisotopic (exact) mass is 266 g/mol. The number of carbonyl (C=O) groups is 2. The number of benzene rings is 1. The Labute approximate surface area is 107 Å². The van der Waals surface area contributed by atoms with Crippen LogP contribution in [0.2, 0.25) is 0 Å². The van der Waals surface area contributed by atoms with Crippen LogP contribution in [-0.4, -0.2) is 28.7 Å². The maximum Gasteiger partial charge on any atom is 0.412 e. The number of hydrogen-bond donors (Lipinski definition) is 2. The van der Waals surface area contributed by atoms with Crippen molar-refractivity contribution in [3.05, 3.63) is 46.5 Å². The summed E-state index contributed by atoms with van der Waals surface area (Å²) < 4.78 is 4.58. The van der Waals surface area contributed by atoms with Gasteiger partial charge in [-0.05, 0) is 6.07 Å². The van der Waals surface area contributed by atoms with E-state index in [2.05, 4.69) is 11.3 Å². The molecule has 8 nitrogen and oxygen atoms in total. The molecule has 0 heterocycles. The van der Waals surface area contributed by atoms with Crippen LogP contribution in [0, 0.1) is 10.1 Å². The quantitative estimate of drug-likeness (QED) is 0.478. The molecule has 0 aromatic heterocycles. The molecule has 0 saturated carbocycles. The zero-order valence-electron chi connectivity index (χ0n) is 9.66. The Kier molecular flexibility index (Phi) is 4.58. The summed E-state index contributed by atoms with van der Waals surface area (Å²) in [4.78, 5) is 32.3. The van der Waals surface area contributed by atoms with Crippen LogP contribution >= 0.6 is 0 Å². The van der Waals surface area contributed by atoms with Crippen molar-refractivity contribution in [2.75, 3.05) is 11.9 Å². The highest BCUT2D eigenvalue weighted by Gasteiger charge is 2.23. The van der Waals surface area contributed by atoms with E-state index in [-0.39, 0.29) is 6.61 Å². The van der Waals surface area contributed by atoms with Crippen molar-refractivity contribution in [1.29, 1.82) is 0 Å². The average Bonchev–Trinajstić information content (AvgIpc) is 2.35. The normalized spacial score (nSPS) is 9.47. The Morgan fingerprint density at radius 3 is 2.74 bits per heavy atom. The van der Waals surface area contributed by atoms with Gasteiger partial charge in [0.2, 0.25) is 0 Å². The Hall–Kier alpha value is -2.90. The number of nitro benzene ring substituents is 1. The molecule has 0 atom stereocenters. The highest BCUT2D eigenvalue weighted by atomic mass is 16.6. The van der Waals surface area contributed by atoms with Gasteiger partial charge in [-0.15, -0.1) is 0 Å². The number of nitrogens with zero attached hydrogens (tertiary/aromatic N) is 1. The lowest BCUT2D eigenvalue weighted by Gasteiger charge is -2.08. The molecule has 0 aliphatic carbocycles. The SMILES string of the molecule is C=CCOC(=O)Nc1c(C(=O)O)cccc1[N+](=O)[O-]. The van der Waals surface area contributed by atoms with Crippen molar-refractivity contribution >= 4 is 23.4 Å². The van der Waals surface area contributed by atoms with Gasteiger partial charge in [0.05, 0.1) is 10.5 Å². The molecular formula is C11H10N2O6. The van der Waals surface area contributed by atoms with Gasteiger partial charge in [-0.25, -0.2) is 9.59 Å². The van der Waals surface area contributed by atoms with E-state index >= 15 is 0 Å². The number of nitrogens with one attached hydrogen (secondary N) is 1. The molecule has 8 heteroatoms. The van der Waals surface area contributed by atoms with Crippen molar-refractivity contribution in [2.24, 2.45) is 0 Å². The van der Waals surface area contributed by atoms with E-state index < -0.39 is 33.9 Å². The molecule has 2 N–H and O–H groups in total. The van der Waals surface area contributed by atoms with Gasteiger partial charge in [-0.2, -0.15) is 0 Å². The molecule has 0 fully saturated rings. The van der Waals surface area contributed by atoms with Gasteiger partial charge in [0, 0.05) is 6.07 Å². The smallest absolute Gasteiger partial charge is 0.412 e. The lowest BCUT2D eigenvalue weighted by Crippen LogP contribution is -2.17. The molecule has 0 saturated heterocycles. The number of carboxylic acid groups (broad SMARTS) is 1. The number of anilines is 1. The Morgan fingerprint density at radius 2 is 2.21 bits per heavy atom. The van der Waals surface area contributed by atoms with E-state index in [0.29, 0.717) is 0 Å². The number of amides is 1. The summed E-state index contributed by atoms with van der Waals surface area (Å²) in [6.07, 6.45) is 0.300. The lowest BCUT2D eigenvalue weighted by atomic mass is 10.1. The van der Waals surface area contributed by atoms with Crippen molar-refractivity contribution in [3.63, 3.8) is 0 Å². The van der Waals surface area contributed by atoms with Crippen molar-refractivity contribution < 1.29 is 24.4 Å². The van der Waals surface area contributed by atoms with E-state index in [0.717, 1.165) is 12.1 Å². The standard InChI is InChI=1S/C11H10N2O6/c1-2-6-19-11(16)12-9-7(10(14)15)4-3-5-8(9)13(17)18/h2-5H,1,6H2,(H,12,16)(H,14,15). The molecule has 0 aliphatic rings. The largest absolute Gasteiger partial charge is 0.478 e. The number of carboxylic acids is 1. The lowest BCUT2D eigenvalue weighted by molar-refractivity contribution is -0.383. The number of carbonyl (C=O) groups excluding carboxylic acids is 1. The number of hydrogen-bond acceptors (Lipinski definition) is 5. The molecule has 0 radical (unpaired) electrons. The van der Waals surface area contributed by atoms with Crippen LogP contribution in [0.4, 0.5) is 16.2 Å². The van der Waals surface area contributed by atoms with Crippen LogP contribution in [0.5, 0.6) is 0 Å². The van der Waals surface area contributed by atoms with E-state index in [9.17, 15) is 19.7 Å². The van der Waals surface area contributed by atoms with Gasteiger partial charge in [-0.1, -0.05) is 18.7 Å². The van der Waals surface area contributed by atoms with Crippen molar-refractivity contribution in [2.45, 2.75) is 0 Å². The first-order valence-corrected chi connectivity index (χ1v) is 5.02. The molecule has 0 aliphatic heterocycles. The van der Waals surface area contributed by atoms with Gasteiger partial charge in [0.15, 0.2) is 0 Å². The summed E-state index contributed by atoms with van der Waals surface area (Å²) in [7, 11) is 0. The second kappa shape index (κ2) is 6.15. The third-order valence-electron chi connectivity index (χ3n) is 2.03. The maximum absolute atomic E-state index is 11.3. The maximum atomic E-state index is 11.3. The van der Waals surface area contributed by atoms with Crippen LogP contribution in [0.25, 0.3) is 0 Å². The minimum Gasteiger partial charge on any atom is -0.478 e. The first kappa shape index (κ1) is 14.2. The molecule has 1 amide bonds. The van der Waals surface area contributed by atoms with Gasteiger partial charge in [-0.3, -0.25) is 15.4 Å². The number of aromatic carboxylic acids is 1. The van der Waals surface area contributed by atoms with E-state index in [4.69, 9.17) is 5.11 Å². The van der Waals surface area contributed by atoms with Gasteiger partial charge >= 0.3 is 12.1 Å². The Balaban J connectivity index is 3.14. The van der Waals surface area contributed by atoms with Crippen LogP contribution < -0.4 is 5.32 Å². The Bertz CT molecular complexity index is 508. The molecule has 0 unspecified atom stereocenters. The molecule has 100 valence electrons.